The summed E-state index contributed by atoms with van der Waals surface area (Å²) < 4.78 is 0. The maximum absolute atomic E-state index is 10.9. The van der Waals surface area contributed by atoms with Crippen LogP contribution in [0.25, 0.3) is 0 Å². The number of aromatic nitrogens is 1. The monoisotopic (exact) mass is 305 g/mol. The molecule has 0 radical (unpaired) electrons. The van der Waals surface area contributed by atoms with Crippen LogP contribution >= 0.6 is 0 Å². The Labute approximate surface area is 132 Å². The Balaban J connectivity index is 1.72. The van der Waals surface area contributed by atoms with E-state index in [0.29, 0.717) is 11.7 Å². The van der Waals surface area contributed by atoms with Gasteiger partial charge in [-0.15, -0.1) is 0 Å². The molecular weight excluding hydrogens is 278 g/mol. The van der Waals surface area contributed by atoms with Gasteiger partial charge in [-0.25, -0.2) is 9.78 Å². The van der Waals surface area contributed by atoms with E-state index in [9.17, 15) is 4.79 Å². The second-order valence-corrected chi connectivity index (χ2v) is 6.56. The molecule has 1 aromatic heterocycles. The van der Waals surface area contributed by atoms with Crippen LogP contribution in [-0.2, 0) is 0 Å². The minimum absolute atomic E-state index is 0.0912. The fraction of sp³-hybridized carbons (Fsp3) is 0.647. The number of likely N-dealkylation sites (tertiary alicyclic amines) is 1. The molecule has 2 heterocycles. The summed E-state index contributed by atoms with van der Waals surface area (Å²) in [6.07, 6.45) is 3.67. The normalized spacial score (nSPS) is 16.9. The van der Waals surface area contributed by atoms with E-state index in [0.717, 1.165) is 12.5 Å². The fourth-order valence-electron chi connectivity index (χ4n) is 2.76. The molecule has 1 aromatic rings. The van der Waals surface area contributed by atoms with Crippen molar-refractivity contribution < 1.29 is 9.90 Å². The van der Waals surface area contributed by atoms with Gasteiger partial charge in [0.2, 0.25) is 0 Å². The van der Waals surface area contributed by atoms with Crippen molar-refractivity contribution in [2.24, 2.45) is 11.8 Å². The van der Waals surface area contributed by atoms with Gasteiger partial charge in [0.25, 0.3) is 0 Å². The van der Waals surface area contributed by atoms with Gasteiger partial charge in [-0.3, -0.25) is 0 Å². The van der Waals surface area contributed by atoms with Crippen LogP contribution in [0.4, 0.5) is 5.82 Å². The minimum Gasteiger partial charge on any atom is -0.477 e. The number of piperidine rings is 1. The smallest absolute Gasteiger partial charge is 0.354 e. The number of rotatable bonds is 7. The highest BCUT2D eigenvalue weighted by Crippen LogP contribution is 2.18. The van der Waals surface area contributed by atoms with Crippen molar-refractivity contribution in [2.45, 2.75) is 33.1 Å². The molecule has 0 bridgehead atoms. The van der Waals surface area contributed by atoms with Crippen molar-refractivity contribution in [1.82, 2.24) is 9.88 Å². The molecule has 0 aliphatic carbocycles. The third-order valence-electron chi connectivity index (χ3n) is 4.27. The highest BCUT2D eigenvalue weighted by molar-refractivity contribution is 5.85. The van der Waals surface area contributed by atoms with Gasteiger partial charge in [-0.1, -0.05) is 19.9 Å². The predicted octanol–water partition coefficient (Wildman–Crippen LogP) is 2.95. The van der Waals surface area contributed by atoms with Crippen molar-refractivity contribution in [3.63, 3.8) is 0 Å². The molecule has 1 fully saturated rings. The van der Waals surface area contributed by atoms with E-state index < -0.39 is 5.97 Å². The van der Waals surface area contributed by atoms with E-state index in [1.54, 1.807) is 6.07 Å². The number of hydrogen-bond acceptors (Lipinski definition) is 4. The third kappa shape index (κ3) is 5.30. The van der Waals surface area contributed by atoms with Crippen LogP contribution in [0.5, 0.6) is 0 Å². The number of carboxylic acid groups (broad SMARTS) is 1. The summed E-state index contributed by atoms with van der Waals surface area (Å²) in [5.74, 6) is 1.09. The first-order valence-corrected chi connectivity index (χ1v) is 8.21. The number of carboxylic acids is 1. The van der Waals surface area contributed by atoms with Crippen molar-refractivity contribution in [1.29, 1.82) is 0 Å². The quantitative estimate of drug-likeness (QED) is 0.811. The Kier molecular flexibility index (Phi) is 6.19. The average molecular weight is 305 g/mol. The van der Waals surface area contributed by atoms with Crippen LogP contribution in [0.15, 0.2) is 18.2 Å². The summed E-state index contributed by atoms with van der Waals surface area (Å²) in [4.78, 5) is 17.6. The zero-order valence-electron chi connectivity index (χ0n) is 13.6. The van der Waals surface area contributed by atoms with Crippen LogP contribution in [-0.4, -0.2) is 47.1 Å². The summed E-state index contributed by atoms with van der Waals surface area (Å²) in [6.45, 7) is 8.96. The summed E-state index contributed by atoms with van der Waals surface area (Å²) >= 11 is 0. The molecule has 2 N–H and O–H groups in total. The Morgan fingerprint density at radius 1 is 1.41 bits per heavy atom. The summed E-state index contributed by atoms with van der Waals surface area (Å²) in [5, 5.41) is 12.2. The standard InChI is InChI=1S/C17H27N3O2/c1-13(2)6-9-20-10-7-14(8-11-20)12-18-16-5-3-4-15(19-16)17(21)22/h3-5,13-14H,6-12H2,1-2H3,(H,18,19)(H,21,22). The lowest BCUT2D eigenvalue weighted by atomic mass is 9.96. The summed E-state index contributed by atoms with van der Waals surface area (Å²) in [5.41, 5.74) is 0.0912. The lowest BCUT2D eigenvalue weighted by Crippen LogP contribution is -2.36. The van der Waals surface area contributed by atoms with Crippen LogP contribution in [0.1, 0.15) is 43.6 Å². The molecule has 0 spiro atoms. The van der Waals surface area contributed by atoms with Gasteiger partial charge in [0.05, 0.1) is 0 Å². The van der Waals surface area contributed by atoms with Crippen molar-refractivity contribution in [2.75, 3.05) is 31.5 Å². The lowest BCUT2D eigenvalue weighted by molar-refractivity contribution is 0.0690. The number of nitrogens with one attached hydrogen (secondary N) is 1. The van der Waals surface area contributed by atoms with E-state index in [1.165, 1.54) is 45.0 Å². The molecular formula is C17H27N3O2. The number of nitrogens with zero attached hydrogens (tertiary/aromatic N) is 2. The molecule has 5 nitrogen and oxygen atoms in total. The first kappa shape index (κ1) is 16.7. The molecule has 0 unspecified atom stereocenters. The molecule has 122 valence electrons. The zero-order valence-corrected chi connectivity index (χ0v) is 13.6. The van der Waals surface area contributed by atoms with Gasteiger partial charge in [0.1, 0.15) is 5.82 Å². The first-order valence-electron chi connectivity index (χ1n) is 8.21. The SMILES string of the molecule is CC(C)CCN1CCC(CNc2cccc(C(=O)O)n2)CC1. The van der Waals surface area contributed by atoms with Crippen LogP contribution in [0.2, 0.25) is 0 Å². The molecule has 1 aliphatic rings. The Morgan fingerprint density at radius 2 is 2.14 bits per heavy atom. The van der Waals surface area contributed by atoms with Gasteiger partial charge in [0.15, 0.2) is 5.69 Å². The largest absolute Gasteiger partial charge is 0.477 e. The van der Waals surface area contributed by atoms with Crippen molar-refractivity contribution in [3.8, 4) is 0 Å². The molecule has 1 aliphatic heterocycles. The fourth-order valence-corrected chi connectivity index (χ4v) is 2.76. The number of aromatic carboxylic acids is 1. The van der Waals surface area contributed by atoms with Crippen LogP contribution in [0, 0.1) is 11.8 Å². The molecule has 0 aromatic carbocycles. The Hall–Kier alpha value is -1.62. The van der Waals surface area contributed by atoms with E-state index in [4.69, 9.17) is 5.11 Å². The average Bonchev–Trinajstić information content (AvgIpc) is 2.52. The molecule has 0 saturated carbocycles. The number of anilines is 1. The molecule has 5 heteroatoms. The van der Waals surface area contributed by atoms with Crippen LogP contribution < -0.4 is 5.32 Å². The van der Waals surface area contributed by atoms with Crippen molar-refractivity contribution in [3.05, 3.63) is 23.9 Å². The topological polar surface area (TPSA) is 65.5 Å². The third-order valence-corrected chi connectivity index (χ3v) is 4.27. The second kappa shape index (κ2) is 8.13. The first-order chi connectivity index (χ1) is 10.5. The van der Waals surface area contributed by atoms with E-state index >= 15 is 0 Å². The maximum Gasteiger partial charge on any atom is 0.354 e. The number of hydrogen-bond donors (Lipinski definition) is 2. The Morgan fingerprint density at radius 3 is 2.77 bits per heavy atom. The lowest BCUT2D eigenvalue weighted by Gasteiger charge is -2.32. The van der Waals surface area contributed by atoms with Crippen LogP contribution in [0.3, 0.4) is 0 Å². The molecule has 0 amide bonds. The summed E-state index contributed by atoms with van der Waals surface area (Å²) in [7, 11) is 0. The van der Waals surface area contributed by atoms with E-state index in [2.05, 4.69) is 29.0 Å². The highest BCUT2D eigenvalue weighted by atomic mass is 16.4. The minimum atomic E-state index is -0.984. The Bertz CT molecular complexity index is 483. The second-order valence-electron chi connectivity index (χ2n) is 6.56. The number of pyridine rings is 1. The predicted molar refractivity (Wildman–Crippen MR) is 88.3 cm³/mol. The van der Waals surface area contributed by atoms with Crippen molar-refractivity contribution >= 4 is 11.8 Å². The molecule has 1 saturated heterocycles. The van der Waals surface area contributed by atoms with Gasteiger partial charge in [-0.2, -0.15) is 0 Å². The molecule has 22 heavy (non-hydrogen) atoms. The molecule has 2 rings (SSSR count). The van der Waals surface area contributed by atoms with E-state index in [1.807, 2.05) is 6.07 Å². The molecule has 0 atom stereocenters. The van der Waals surface area contributed by atoms with Gasteiger partial charge >= 0.3 is 5.97 Å². The zero-order chi connectivity index (χ0) is 15.9. The van der Waals surface area contributed by atoms with Gasteiger partial charge in [0, 0.05) is 6.54 Å². The summed E-state index contributed by atoms with van der Waals surface area (Å²) in [6, 6.07) is 5.07. The van der Waals surface area contributed by atoms with Gasteiger partial charge in [-0.05, 0) is 62.9 Å². The number of carbonyl (C=O) groups is 1. The van der Waals surface area contributed by atoms with Gasteiger partial charge < -0.3 is 15.3 Å². The van der Waals surface area contributed by atoms with E-state index in [-0.39, 0.29) is 5.69 Å². The highest BCUT2D eigenvalue weighted by Gasteiger charge is 2.19. The maximum atomic E-state index is 10.9.